The van der Waals surface area contributed by atoms with Crippen molar-refractivity contribution < 1.29 is 5.11 Å². The van der Waals surface area contributed by atoms with Crippen LogP contribution in [-0.4, -0.2) is 17.8 Å². The maximum atomic E-state index is 9.56. The predicted octanol–water partition coefficient (Wildman–Crippen LogP) is 3.70. The fourth-order valence-corrected chi connectivity index (χ4v) is 2.58. The van der Waals surface area contributed by atoms with Gasteiger partial charge in [-0.25, -0.2) is 0 Å². The monoisotopic (exact) mass is 333 g/mol. The molecule has 3 heteroatoms. The van der Waals surface area contributed by atoms with E-state index in [1.165, 1.54) is 5.56 Å². The SMILES string of the molecule is CC(Cc1ccc(Br)cc1)N[C@H](CO)c1ccccc1. The lowest BCUT2D eigenvalue weighted by atomic mass is 10.0. The predicted molar refractivity (Wildman–Crippen MR) is 86.7 cm³/mol. The molecule has 0 radical (unpaired) electrons. The zero-order valence-corrected chi connectivity index (χ0v) is 13.2. The van der Waals surface area contributed by atoms with Gasteiger partial charge in [-0.05, 0) is 36.6 Å². The van der Waals surface area contributed by atoms with Gasteiger partial charge in [0.15, 0.2) is 0 Å². The topological polar surface area (TPSA) is 32.3 Å². The summed E-state index contributed by atoms with van der Waals surface area (Å²) in [4.78, 5) is 0. The third kappa shape index (κ3) is 4.44. The van der Waals surface area contributed by atoms with Gasteiger partial charge < -0.3 is 10.4 Å². The molecule has 0 bridgehead atoms. The van der Waals surface area contributed by atoms with E-state index in [-0.39, 0.29) is 12.6 Å². The van der Waals surface area contributed by atoms with Crippen molar-refractivity contribution in [3.8, 4) is 0 Å². The van der Waals surface area contributed by atoms with Gasteiger partial charge in [-0.3, -0.25) is 0 Å². The van der Waals surface area contributed by atoms with Crippen molar-refractivity contribution in [2.24, 2.45) is 0 Å². The first kappa shape index (κ1) is 15.2. The maximum absolute atomic E-state index is 9.56. The first-order valence-corrected chi connectivity index (χ1v) is 7.64. The van der Waals surface area contributed by atoms with E-state index in [1.54, 1.807) is 0 Å². The minimum Gasteiger partial charge on any atom is -0.394 e. The van der Waals surface area contributed by atoms with Crippen molar-refractivity contribution in [1.82, 2.24) is 5.32 Å². The van der Waals surface area contributed by atoms with E-state index in [0.29, 0.717) is 6.04 Å². The summed E-state index contributed by atoms with van der Waals surface area (Å²) in [5.41, 5.74) is 2.41. The van der Waals surface area contributed by atoms with Crippen LogP contribution in [0.15, 0.2) is 59.1 Å². The normalized spacial score (nSPS) is 13.9. The first-order chi connectivity index (χ1) is 9.69. The fourth-order valence-electron chi connectivity index (χ4n) is 2.32. The van der Waals surface area contributed by atoms with Crippen LogP contribution in [0.3, 0.4) is 0 Å². The van der Waals surface area contributed by atoms with Crippen LogP contribution in [0, 0.1) is 0 Å². The van der Waals surface area contributed by atoms with Crippen LogP contribution in [0.4, 0.5) is 0 Å². The lowest BCUT2D eigenvalue weighted by molar-refractivity contribution is 0.235. The third-order valence-corrected chi connectivity index (χ3v) is 3.85. The smallest absolute Gasteiger partial charge is 0.0626 e. The Morgan fingerprint density at radius 2 is 1.70 bits per heavy atom. The molecule has 0 saturated heterocycles. The highest BCUT2D eigenvalue weighted by molar-refractivity contribution is 9.10. The lowest BCUT2D eigenvalue weighted by Crippen LogP contribution is -2.34. The quantitative estimate of drug-likeness (QED) is 0.844. The number of hydrogen-bond acceptors (Lipinski definition) is 2. The summed E-state index contributed by atoms with van der Waals surface area (Å²) >= 11 is 3.45. The Balaban J connectivity index is 1.95. The van der Waals surface area contributed by atoms with Crippen molar-refractivity contribution in [3.05, 3.63) is 70.2 Å². The van der Waals surface area contributed by atoms with E-state index < -0.39 is 0 Å². The van der Waals surface area contributed by atoms with Crippen LogP contribution in [-0.2, 0) is 6.42 Å². The molecule has 2 N–H and O–H groups in total. The Labute approximate surface area is 129 Å². The van der Waals surface area contributed by atoms with Gasteiger partial charge in [0.25, 0.3) is 0 Å². The highest BCUT2D eigenvalue weighted by Crippen LogP contribution is 2.15. The molecule has 0 amide bonds. The molecule has 2 aromatic rings. The lowest BCUT2D eigenvalue weighted by Gasteiger charge is -2.22. The molecular formula is C17H20BrNO. The molecule has 0 aliphatic heterocycles. The highest BCUT2D eigenvalue weighted by Gasteiger charge is 2.13. The molecule has 0 aromatic heterocycles. The first-order valence-electron chi connectivity index (χ1n) is 6.85. The molecule has 0 heterocycles. The molecule has 1 unspecified atom stereocenters. The van der Waals surface area contributed by atoms with E-state index >= 15 is 0 Å². The number of rotatable bonds is 6. The fraction of sp³-hybridized carbons (Fsp3) is 0.294. The van der Waals surface area contributed by atoms with Gasteiger partial charge in [-0.2, -0.15) is 0 Å². The van der Waals surface area contributed by atoms with E-state index in [0.717, 1.165) is 16.5 Å². The standard InChI is InChI=1S/C17H20BrNO/c1-13(11-14-7-9-16(18)10-8-14)19-17(12-20)15-5-3-2-4-6-15/h2-10,13,17,19-20H,11-12H2,1H3/t13?,17-/m1/s1. The second-order valence-corrected chi connectivity index (χ2v) is 5.96. The van der Waals surface area contributed by atoms with E-state index in [9.17, 15) is 5.11 Å². The van der Waals surface area contributed by atoms with Crippen molar-refractivity contribution in [2.75, 3.05) is 6.61 Å². The van der Waals surface area contributed by atoms with Gasteiger partial charge in [0.1, 0.15) is 0 Å². The molecule has 0 saturated carbocycles. The summed E-state index contributed by atoms with van der Waals surface area (Å²) in [6.07, 6.45) is 0.941. The van der Waals surface area contributed by atoms with E-state index in [2.05, 4.69) is 52.4 Å². The van der Waals surface area contributed by atoms with Gasteiger partial charge in [0.2, 0.25) is 0 Å². The number of nitrogens with one attached hydrogen (secondary N) is 1. The van der Waals surface area contributed by atoms with Crippen LogP contribution in [0.1, 0.15) is 24.1 Å². The number of benzene rings is 2. The molecule has 2 aromatic carbocycles. The minimum atomic E-state index is -0.0124. The van der Waals surface area contributed by atoms with Gasteiger partial charge in [-0.1, -0.05) is 58.4 Å². The van der Waals surface area contributed by atoms with Crippen LogP contribution < -0.4 is 5.32 Å². The molecule has 106 valence electrons. The van der Waals surface area contributed by atoms with Crippen molar-refractivity contribution in [1.29, 1.82) is 0 Å². The Morgan fingerprint density at radius 3 is 2.30 bits per heavy atom. The third-order valence-electron chi connectivity index (χ3n) is 3.33. The van der Waals surface area contributed by atoms with Crippen molar-refractivity contribution in [2.45, 2.75) is 25.4 Å². The number of aliphatic hydroxyl groups is 1. The van der Waals surface area contributed by atoms with Gasteiger partial charge >= 0.3 is 0 Å². The Bertz CT molecular complexity index is 512. The summed E-state index contributed by atoms with van der Waals surface area (Å²) in [6, 6.07) is 18.7. The summed E-state index contributed by atoms with van der Waals surface area (Å²) < 4.78 is 1.10. The minimum absolute atomic E-state index is 0.0124. The zero-order valence-electron chi connectivity index (χ0n) is 11.6. The largest absolute Gasteiger partial charge is 0.394 e. The van der Waals surface area contributed by atoms with Gasteiger partial charge in [0.05, 0.1) is 12.6 Å². The number of halogens is 1. The molecule has 0 spiro atoms. The Kier molecular flexibility index (Phi) is 5.77. The Hall–Kier alpha value is -1.16. The summed E-state index contributed by atoms with van der Waals surface area (Å²) in [5, 5.41) is 13.0. The number of aliphatic hydroxyl groups excluding tert-OH is 1. The second-order valence-electron chi connectivity index (χ2n) is 5.04. The molecule has 20 heavy (non-hydrogen) atoms. The van der Waals surface area contributed by atoms with E-state index in [1.807, 2.05) is 30.3 Å². The van der Waals surface area contributed by atoms with Crippen LogP contribution in [0.25, 0.3) is 0 Å². The van der Waals surface area contributed by atoms with Crippen molar-refractivity contribution >= 4 is 15.9 Å². The van der Waals surface area contributed by atoms with Gasteiger partial charge in [0, 0.05) is 10.5 Å². The maximum Gasteiger partial charge on any atom is 0.0626 e. The Morgan fingerprint density at radius 1 is 1.05 bits per heavy atom. The molecule has 2 nitrogen and oxygen atoms in total. The highest BCUT2D eigenvalue weighted by atomic mass is 79.9. The molecule has 0 aliphatic carbocycles. The second kappa shape index (κ2) is 7.58. The van der Waals surface area contributed by atoms with Crippen LogP contribution in [0.2, 0.25) is 0 Å². The molecule has 0 fully saturated rings. The van der Waals surface area contributed by atoms with E-state index in [4.69, 9.17) is 0 Å². The van der Waals surface area contributed by atoms with Crippen LogP contribution in [0.5, 0.6) is 0 Å². The van der Waals surface area contributed by atoms with Crippen LogP contribution >= 0.6 is 15.9 Å². The summed E-state index contributed by atoms with van der Waals surface area (Å²) in [5.74, 6) is 0. The van der Waals surface area contributed by atoms with Gasteiger partial charge in [-0.15, -0.1) is 0 Å². The molecule has 2 rings (SSSR count). The average molecular weight is 334 g/mol. The summed E-state index contributed by atoms with van der Waals surface area (Å²) in [6.45, 7) is 2.25. The van der Waals surface area contributed by atoms with Crippen molar-refractivity contribution in [3.63, 3.8) is 0 Å². The molecular weight excluding hydrogens is 314 g/mol. The zero-order chi connectivity index (χ0) is 14.4. The molecule has 2 atom stereocenters. The summed E-state index contributed by atoms with van der Waals surface area (Å²) in [7, 11) is 0. The average Bonchev–Trinajstić information content (AvgIpc) is 2.48. The number of hydrogen-bond donors (Lipinski definition) is 2. The molecule has 0 aliphatic rings.